The second kappa shape index (κ2) is 5.73. The van der Waals surface area contributed by atoms with E-state index in [-0.39, 0.29) is 0 Å². The maximum absolute atomic E-state index is 6.24. The van der Waals surface area contributed by atoms with Crippen LogP contribution in [-0.2, 0) is 0 Å². The Balaban J connectivity index is 2.31. The van der Waals surface area contributed by atoms with Gasteiger partial charge < -0.3 is 5.32 Å². The van der Waals surface area contributed by atoms with Crippen LogP contribution in [0.5, 0.6) is 0 Å². The minimum absolute atomic E-state index is 0.651. The highest BCUT2D eigenvalue weighted by Crippen LogP contribution is 2.31. The Kier molecular flexibility index (Phi) is 3.95. The lowest BCUT2D eigenvalue weighted by Gasteiger charge is -2.10. The molecule has 2 heterocycles. The van der Waals surface area contributed by atoms with Crippen molar-refractivity contribution in [3.8, 4) is 11.4 Å². The smallest absolute Gasteiger partial charge is 0.164 e. The van der Waals surface area contributed by atoms with Crippen molar-refractivity contribution in [1.29, 1.82) is 0 Å². The van der Waals surface area contributed by atoms with E-state index in [4.69, 9.17) is 11.6 Å². The van der Waals surface area contributed by atoms with Crippen LogP contribution in [0, 0.1) is 10.5 Å². The number of halogens is 2. The number of anilines is 1. The third-order valence-corrected chi connectivity index (χ3v) is 4.83. The van der Waals surface area contributed by atoms with Crippen molar-refractivity contribution < 1.29 is 0 Å². The summed E-state index contributed by atoms with van der Waals surface area (Å²) in [6.45, 7) is 1.97. The van der Waals surface area contributed by atoms with E-state index in [2.05, 4.69) is 42.9 Å². The average molecular weight is 411 g/mol. The van der Waals surface area contributed by atoms with E-state index in [1.807, 2.05) is 38.2 Å². The molecule has 0 saturated carbocycles. The summed E-state index contributed by atoms with van der Waals surface area (Å²) in [6, 6.07) is 7.60. The van der Waals surface area contributed by atoms with E-state index < -0.39 is 0 Å². The van der Waals surface area contributed by atoms with Crippen LogP contribution >= 0.6 is 34.2 Å². The Labute approximate surface area is 141 Å². The van der Waals surface area contributed by atoms with Crippen LogP contribution in [0.4, 0.5) is 5.82 Å². The number of hydrogen-bond donors (Lipinski definition) is 1. The first kappa shape index (κ1) is 14.5. The molecule has 0 radical (unpaired) electrons. The lowest BCUT2D eigenvalue weighted by atomic mass is 10.1. The molecule has 3 rings (SSSR count). The largest absolute Gasteiger partial charge is 0.372 e. The van der Waals surface area contributed by atoms with Gasteiger partial charge in [0.15, 0.2) is 5.82 Å². The third-order valence-electron chi connectivity index (χ3n) is 3.21. The van der Waals surface area contributed by atoms with Crippen LogP contribution in [0.1, 0.15) is 5.69 Å². The fourth-order valence-corrected chi connectivity index (χ4v) is 2.89. The maximum atomic E-state index is 6.24. The van der Waals surface area contributed by atoms with Crippen molar-refractivity contribution in [2.24, 2.45) is 0 Å². The van der Waals surface area contributed by atoms with Gasteiger partial charge in [-0.15, -0.1) is 0 Å². The van der Waals surface area contributed by atoms with Gasteiger partial charge in [-0.2, -0.15) is 0 Å². The van der Waals surface area contributed by atoms with Crippen LogP contribution in [-0.4, -0.2) is 22.0 Å². The van der Waals surface area contributed by atoms with Gasteiger partial charge >= 0.3 is 0 Å². The van der Waals surface area contributed by atoms with E-state index in [0.717, 1.165) is 31.5 Å². The van der Waals surface area contributed by atoms with E-state index >= 15 is 0 Å². The normalized spacial score (nSPS) is 10.9. The fourth-order valence-electron chi connectivity index (χ4n) is 2.16. The Bertz CT molecular complexity index is 835. The molecule has 0 unspecified atom stereocenters. The molecule has 0 aliphatic heterocycles. The van der Waals surface area contributed by atoms with Gasteiger partial charge in [0.2, 0.25) is 0 Å². The number of rotatable bonds is 2. The quantitative estimate of drug-likeness (QED) is 0.640. The zero-order valence-electron chi connectivity index (χ0n) is 11.5. The Morgan fingerprint density at radius 3 is 2.76 bits per heavy atom. The highest BCUT2D eigenvalue weighted by atomic mass is 127. The number of benzene rings is 1. The average Bonchev–Trinajstić information content (AvgIpc) is 2.51. The maximum Gasteiger partial charge on any atom is 0.164 e. The highest BCUT2D eigenvalue weighted by molar-refractivity contribution is 14.1. The van der Waals surface area contributed by atoms with Crippen LogP contribution in [0.3, 0.4) is 0 Å². The number of hydrogen-bond acceptors (Lipinski definition) is 4. The van der Waals surface area contributed by atoms with Crippen molar-refractivity contribution in [2.45, 2.75) is 6.92 Å². The number of aryl methyl sites for hydroxylation is 1. The third kappa shape index (κ3) is 2.55. The summed E-state index contributed by atoms with van der Waals surface area (Å²) in [5, 5.41) is 4.68. The molecule has 3 aromatic rings. The molecule has 0 bridgehead atoms. The first-order valence-corrected chi connectivity index (χ1v) is 7.83. The highest BCUT2D eigenvalue weighted by Gasteiger charge is 2.14. The zero-order chi connectivity index (χ0) is 15.0. The molecule has 0 spiro atoms. The zero-order valence-corrected chi connectivity index (χ0v) is 14.4. The SMILES string of the molecule is CNc1nc(-c2ccc(Cl)c3cccnc23)nc(C)c1I. The van der Waals surface area contributed by atoms with Gasteiger partial charge in [0, 0.05) is 24.2 Å². The molecule has 106 valence electrons. The van der Waals surface area contributed by atoms with Gasteiger partial charge in [-0.3, -0.25) is 4.98 Å². The standard InChI is InChI=1S/C15H12ClIN4/c1-8-12(17)15(18-2)21-14(20-8)10-5-6-11(16)9-4-3-7-19-13(9)10/h3-7H,1-2H3,(H,18,20,21). The van der Waals surface area contributed by atoms with Crippen LogP contribution < -0.4 is 5.32 Å². The van der Waals surface area contributed by atoms with Crippen molar-refractivity contribution >= 4 is 50.9 Å². The van der Waals surface area contributed by atoms with Crippen LogP contribution in [0.15, 0.2) is 30.5 Å². The minimum Gasteiger partial charge on any atom is -0.372 e. The lowest BCUT2D eigenvalue weighted by Crippen LogP contribution is -2.03. The molecule has 0 fully saturated rings. The number of nitrogens with zero attached hydrogens (tertiary/aromatic N) is 3. The first-order chi connectivity index (χ1) is 10.1. The summed E-state index contributed by atoms with van der Waals surface area (Å²) in [7, 11) is 1.85. The van der Waals surface area contributed by atoms with Gasteiger partial charge in [0.05, 0.1) is 19.8 Å². The Morgan fingerprint density at radius 1 is 1.19 bits per heavy atom. The minimum atomic E-state index is 0.651. The van der Waals surface area contributed by atoms with Gasteiger partial charge in [0.1, 0.15) is 5.82 Å². The van der Waals surface area contributed by atoms with Crippen molar-refractivity contribution in [3.63, 3.8) is 0 Å². The lowest BCUT2D eigenvalue weighted by molar-refractivity contribution is 1.09. The van der Waals surface area contributed by atoms with Crippen LogP contribution in [0.2, 0.25) is 5.02 Å². The van der Waals surface area contributed by atoms with Crippen molar-refractivity contribution in [3.05, 3.63) is 44.7 Å². The number of fused-ring (bicyclic) bond motifs is 1. The molecule has 1 aromatic carbocycles. The van der Waals surface area contributed by atoms with E-state index in [1.165, 1.54) is 0 Å². The molecule has 0 aliphatic carbocycles. The summed E-state index contributed by atoms with van der Waals surface area (Å²) >= 11 is 8.48. The van der Waals surface area contributed by atoms with Gasteiger partial charge in [-0.05, 0) is 53.8 Å². The van der Waals surface area contributed by atoms with Gasteiger partial charge in [-0.25, -0.2) is 9.97 Å². The fraction of sp³-hybridized carbons (Fsp3) is 0.133. The molecule has 21 heavy (non-hydrogen) atoms. The molecule has 1 N–H and O–H groups in total. The van der Waals surface area contributed by atoms with Crippen LogP contribution in [0.25, 0.3) is 22.3 Å². The molecule has 0 saturated heterocycles. The number of aromatic nitrogens is 3. The predicted octanol–water partition coefficient (Wildman–Crippen LogP) is 4.30. The van der Waals surface area contributed by atoms with Crippen molar-refractivity contribution in [2.75, 3.05) is 12.4 Å². The molecule has 0 amide bonds. The molecular formula is C15H12ClIN4. The van der Waals surface area contributed by atoms with E-state index in [9.17, 15) is 0 Å². The Hall–Kier alpha value is -1.47. The molecule has 2 aromatic heterocycles. The van der Waals surface area contributed by atoms with Crippen molar-refractivity contribution in [1.82, 2.24) is 15.0 Å². The summed E-state index contributed by atoms with van der Waals surface area (Å²) in [5.41, 5.74) is 2.63. The van der Waals surface area contributed by atoms with Gasteiger partial charge in [-0.1, -0.05) is 11.6 Å². The molecule has 6 heteroatoms. The monoisotopic (exact) mass is 410 g/mol. The summed E-state index contributed by atoms with van der Waals surface area (Å²) < 4.78 is 1.02. The molecular weight excluding hydrogens is 399 g/mol. The molecule has 0 atom stereocenters. The Morgan fingerprint density at radius 2 is 2.00 bits per heavy atom. The number of pyridine rings is 1. The second-order valence-electron chi connectivity index (χ2n) is 4.54. The molecule has 0 aliphatic rings. The molecule has 4 nitrogen and oxygen atoms in total. The topological polar surface area (TPSA) is 50.7 Å². The summed E-state index contributed by atoms with van der Waals surface area (Å²) in [4.78, 5) is 13.6. The first-order valence-electron chi connectivity index (χ1n) is 6.37. The summed E-state index contributed by atoms with van der Waals surface area (Å²) in [5.74, 6) is 1.47. The van der Waals surface area contributed by atoms with E-state index in [1.54, 1.807) is 6.20 Å². The van der Waals surface area contributed by atoms with Gasteiger partial charge in [0.25, 0.3) is 0 Å². The van der Waals surface area contributed by atoms with E-state index in [0.29, 0.717) is 10.8 Å². The predicted molar refractivity (Wildman–Crippen MR) is 94.8 cm³/mol. The second-order valence-corrected chi connectivity index (χ2v) is 6.03. The summed E-state index contributed by atoms with van der Waals surface area (Å²) in [6.07, 6.45) is 1.75. The number of nitrogens with one attached hydrogen (secondary N) is 1.